The summed E-state index contributed by atoms with van der Waals surface area (Å²) >= 11 is 0. The largest absolute Gasteiger partial charge is 0.463 e. The van der Waals surface area contributed by atoms with Crippen LogP contribution in [-0.4, -0.2) is 24.6 Å². The Morgan fingerprint density at radius 2 is 1.58 bits per heavy atom. The van der Waals surface area contributed by atoms with Crippen LogP contribution in [0.3, 0.4) is 0 Å². The molecule has 1 aliphatic heterocycles. The molecule has 1 rings (SSSR count). The Bertz CT molecular complexity index is 432. The lowest BCUT2D eigenvalue weighted by Crippen LogP contribution is -2.49. The number of hydrogen-bond donors (Lipinski definition) is 2. The molecule has 2 amide bonds. The molecule has 1 aliphatic rings. The van der Waals surface area contributed by atoms with Gasteiger partial charge in [-0.05, 0) is 20.3 Å². The molecule has 1 heterocycles. The number of carbonyl (C=O) groups excluding carboxylic acids is 2. The van der Waals surface area contributed by atoms with Crippen molar-refractivity contribution in [2.24, 2.45) is 0 Å². The molecule has 0 radical (unpaired) electrons. The van der Waals surface area contributed by atoms with Crippen molar-refractivity contribution in [1.29, 1.82) is 0 Å². The van der Waals surface area contributed by atoms with Gasteiger partial charge in [-0.2, -0.15) is 0 Å². The summed E-state index contributed by atoms with van der Waals surface area (Å²) in [6, 6.07) is -0.469. The third kappa shape index (κ3) is 7.37. The number of esters is 1. The average Bonchev–Trinajstić information content (AvgIpc) is 2.53. The monoisotopic (exact) mass is 338 g/mol. The van der Waals surface area contributed by atoms with Crippen molar-refractivity contribution < 1.29 is 14.3 Å². The molecule has 0 aliphatic carbocycles. The second-order valence-corrected chi connectivity index (χ2v) is 6.53. The Labute approximate surface area is 146 Å². The Balaban J connectivity index is 2.32. The van der Waals surface area contributed by atoms with Gasteiger partial charge >= 0.3 is 12.0 Å². The standard InChI is InChI=1S/C19H34N2O3/c1-4-6-7-8-9-10-11-12-13-14-16-17(18(22)24-5-2)15(3)20-19(23)21-16/h16H,4-14H2,1-3H3,(H2,20,21,23)/t16-/m0/s1. The van der Waals surface area contributed by atoms with Gasteiger partial charge in [-0.1, -0.05) is 64.7 Å². The Morgan fingerprint density at radius 3 is 2.17 bits per heavy atom. The highest BCUT2D eigenvalue weighted by Gasteiger charge is 2.30. The van der Waals surface area contributed by atoms with E-state index in [0.717, 1.165) is 19.3 Å². The second kappa shape index (κ2) is 11.9. The maximum atomic E-state index is 12.1. The fourth-order valence-corrected chi connectivity index (χ4v) is 3.15. The summed E-state index contributed by atoms with van der Waals surface area (Å²) in [5, 5.41) is 5.52. The van der Waals surface area contributed by atoms with E-state index in [9.17, 15) is 9.59 Å². The lowest BCUT2D eigenvalue weighted by Gasteiger charge is -2.27. The molecular formula is C19H34N2O3. The number of nitrogens with one attached hydrogen (secondary N) is 2. The topological polar surface area (TPSA) is 67.4 Å². The van der Waals surface area contributed by atoms with Crippen LogP contribution in [0.25, 0.3) is 0 Å². The van der Waals surface area contributed by atoms with Crippen molar-refractivity contribution in [2.45, 2.75) is 91.0 Å². The lowest BCUT2D eigenvalue weighted by molar-refractivity contribution is -0.139. The second-order valence-electron chi connectivity index (χ2n) is 6.53. The minimum atomic E-state index is -0.330. The minimum absolute atomic E-state index is 0.234. The molecule has 0 saturated carbocycles. The van der Waals surface area contributed by atoms with Gasteiger partial charge in [0.2, 0.25) is 0 Å². The van der Waals surface area contributed by atoms with Gasteiger partial charge in [0.15, 0.2) is 0 Å². The minimum Gasteiger partial charge on any atom is -0.463 e. The zero-order valence-electron chi connectivity index (χ0n) is 15.6. The first-order valence-electron chi connectivity index (χ1n) is 9.55. The van der Waals surface area contributed by atoms with Crippen LogP contribution in [0, 0.1) is 0 Å². The van der Waals surface area contributed by atoms with Crippen molar-refractivity contribution >= 4 is 12.0 Å². The van der Waals surface area contributed by atoms with E-state index in [1.165, 1.54) is 44.9 Å². The molecular weight excluding hydrogens is 304 g/mol. The molecule has 5 nitrogen and oxygen atoms in total. The number of rotatable bonds is 12. The van der Waals surface area contributed by atoms with E-state index in [4.69, 9.17) is 4.74 Å². The number of unbranched alkanes of at least 4 members (excludes halogenated alkanes) is 8. The van der Waals surface area contributed by atoms with Crippen molar-refractivity contribution in [3.63, 3.8) is 0 Å². The summed E-state index contributed by atoms with van der Waals surface area (Å²) in [6.07, 6.45) is 12.1. The molecule has 5 heteroatoms. The summed E-state index contributed by atoms with van der Waals surface area (Å²) in [5.74, 6) is -0.330. The maximum absolute atomic E-state index is 12.1. The first-order chi connectivity index (χ1) is 11.6. The van der Waals surface area contributed by atoms with Crippen molar-refractivity contribution in [3.8, 4) is 0 Å². The van der Waals surface area contributed by atoms with Gasteiger partial charge in [-0.15, -0.1) is 0 Å². The van der Waals surface area contributed by atoms with E-state index >= 15 is 0 Å². The number of urea groups is 1. The average molecular weight is 338 g/mol. The summed E-state index contributed by atoms with van der Waals surface area (Å²) in [4.78, 5) is 23.8. The van der Waals surface area contributed by atoms with Gasteiger partial charge in [-0.3, -0.25) is 0 Å². The van der Waals surface area contributed by atoms with E-state index in [1.54, 1.807) is 13.8 Å². The summed E-state index contributed by atoms with van der Waals surface area (Å²) in [7, 11) is 0. The first kappa shape index (κ1) is 20.5. The summed E-state index contributed by atoms with van der Waals surface area (Å²) in [6.45, 7) is 6.13. The smallest absolute Gasteiger partial charge is 0.337 e. The Kier molecular flexibility index (Phi) is 10.2. The highest BCUT2D eigenvalue weighted by atomic mass is 16.5. The van der Waals surface area contributed by atoms with Gasteiger partial charge in [0.25, 0.3) is 0 Å². The van der Waals surface area contributed by atoms with E-state index in [-0.39, 0.29) is 18.0 Å². The number of allylic oxidation sites excluding steroid dienone is 1. The molecule has 0 spiro atoms. The van der Waals surface area contributed by atoms with Crippen LogP contribution < -0.4 is 10.6 Å². The quantitative estimate of drug-likeness (QED) is 0.409. The third-order valence-electron chi connectivity index (χ3n) is 4.45. The van der Waals surface area contributed by atoms with Gasteiger partial charge in [-0.25, -0.2) is 9.59 Å². The molecule has 1 atom stereocenters. The Hall–Kier alpha value is -1.52. The van der Waals surface area contributed by atoms with Crippen LogP contribution >= 0.6 is 0 Å². The van der Waals surface area contributed by atoms with E-state index in [0.29, 0.717) is 17.9 Å². The van der Waals surface area contributed by atoms with Crippen molar-refractivity contribution in [1.82, 2.24) is 10.6 Å². The molecule has 0 fully saturated rings. The van der Waals surface area contributed by atoms with E-state index in [1.807, 2.05) is 0 Å². The highest BCUT2D eigenvalue weighted by Crippen LogP contribution is 2.20. The molecule has 0 aromatic carbocycles. The molecule has 0 aromatic heterocycles. The van der Waals surface area contributed by atoms with Gasteiger partial charge in [0, 0.05) is 5.70 Å². The lowest BCUT2D eigenvalue weighted by atomic mass is 9.96. The van der Waals surface area contributed by atoms with Crippen molar-refractivity contribution in [2.75, 3.05) is 6.61 Å². The molecule has 0 saturated heterocycles. The van der Waals surface area contributed by atoms with Crippen LogP contribution in [0.1, 0.15) is 85.0 Å². The third-order valence-corrected chi connectivity index (χ3v) is 4.45. The number of ether oxygens (including phenoxy) is 1. The Morgan fingerprint density at radius 1 is 1.00 bits per heavy atom. The van der Waals surface area contributed by atoms with Crippen LogP contribution in [0.2, 0.25) is 0 Å². The number of hydrogen-bond acceptors (Lipinski definition) is 3. The first-order valence-corrected chi connectivity index (χ1v) is 9.55. The van der Waals surface area contributed by atoms with Gasteiger partial charge < -0.3 is 15.4 Å². The molecule has 0 aromatic rings. The number of amides is 2. The predicted molar refractivity (Wildman–Crippen MR) is 96.6 cm³/mol. The van der Waals surface area contributed by atoms with Crippen molar-refractivity contribution in [3.05, 3.63) is 11.3 Å². The highest BCUT2D eigenvalue weighted by molar-refractivity contribution is 5.94. The SMILES string of the molecule is CCCCCCCCCCC[C@@H]1NC(=O)NC(C)=C1C(=O)OCC. The maximum Gasteiger partial charge on any atom is 0.337 e. The fourth-order valence-electron chi connectivity index (χ4n) is 3.15. The predicted octanol–water partition coefficient (Wildman–Crippen LogP) is 4.43. The molecule has 24 heavy (non-hydrogen) atoms. The van der Waals surface area contributed by atoms with Crippen LogP contribution in [-0.2, 0) is 9.53 Å². The fraction of sp³-hybridized carbons (Fsp3) is 0.789. The molecule has 0 bridgehead atoms. The normalized spacial score (nSPS) is 17.5. The van der Waals surface area contributed by atoms with Crippen LogP contribution in [0.15, 0.2) is 11.3 Å². The van der Waals surface area contributed by atoms with E-state index in [2.05, 4.69) is 17.6 Å². The molecule has 138 valence electrons. The van der Waals surface area contributed by atoms with E-state index < -0.39 is 0 Å². The number of carbonyl (C=O) groups is 2. The van der Waals surface area contributed by atoms with Crippen LogP contribution in [0.5, 0.6) is 0 Å². The van der Waals surface area contributed by atoms with Gasteiger partial charge in [0.05, 0.1) is 18.2 Å². The summed E-state index contributed by atoms with van der Waals surface area (Å²) < 4.78 is 5.12. The zero-order chi connectivity index (χ0) is 17.8. The molecule has 2 N–H and O–H groups in total. The van der Waals surface area contributed by atoms with Crippen LogP contribution in [0.4, 0.5) is 4.79 Å². The summed E-state index contributed by atoms with van der Waals surface area (Å²) in [5.41, 5.74) is 1.18. The zero-order valence-corrected chi connectivity index (χ0v) is 15.6. The molecule has 0 unspecified atom stereocenters. The van der Waals surface area contributed by atoms with Gasteiger partial charge in [0.1, 0.15) is 0 Å².